The summed E-state index contributed by atoms with van der Waals surface area (Å²) in [5, 5.41) is 3.44. The summed E-state index contributed by atoms with van der Waals surface area (Å²) in [4.78, 5) is 28.6. The molecule has 2 amide bonds. The zero-order valence-corrected chi connectivity index (χ0v) is 16.9. The Balaban J connectivity index is 1.50. The molecule has 1 aromatic heterocycles. The second kappa shape index (κ2) is 8.92. The first-order chi connectivity index (χ1) is 14.1. The normalized spacial score (nSPS) is 16.2. The molecule has 4 rings (SSSR count). The van der Waals surface area contributed by atoms with Gasteiger partial charge in [0.2, 0.25) is 0 Å². The summed E-state index contributed by atoms with van der Waals surface area (Å²) in [6, 6.07) is 5.65. The molecule has 1 aliphatic heterocycles. The molecule has 0 bridgehead atoms. The van der Waals surface area contributed by atoms with Gasteiger partial charge in [-0.05, 0) is 43.4 Å². The van der Waals surface area contributed by atoms with E-state index in [-0.39, 0.29) is 24.2 Å². The molecule has 0 saturated carbocycles. The number of fused-ring (bicyclic) bond motifs is 1. The van der Waals surface area contributed by atoms with Crippen molar-refractivity contribution in [2.75, 3.05) is 38.2 Å². The summed E-state index contributed by atoms with van der Waals surface area (Å²) in [6.07, 6.45) is 3.92. The van der Waals surface area contributed by atoms with E-state index in [1.165, 1.54) is 34.4 Å². The summed E-state index contributed by atoms with van der Waals surface area (Å²) in [6.45, 7) is 1.92. The molecule has 0 spiro atoms. The van der Waals surface area contributed by atoms with Gasteiger partial charge in [-0.25, -0.2) is 4.39 Å². The average molecular weight is 418 g/mol. The van der Waals surface area contributed by atoms with E-state index in [0.29, 0.717) is 36.9 Å². The van der Waals surface area contributed by atoms with Gasteiger partial charge >= 0.3 is 0 Å². The first-order valence-electron chi connectivity index (χ1n) is 9.81. The Morgan fingerprint density at radius 2 is 2.00 bits per heavy atom. The van der Waals surface area contributed by atoms with Crippen molar-refractivity contribution in [1.29, 1.82) is 0 Å². The number of benzene rings is 1. The van der Waals surface area contributed by atoms with E-state index in [4.69, 9.17) is 9.47 Å². The van der Waals surface area contributed by atoms with Gasteiger partial charge in [-0.3, -0.25) is 9.59 Å². The van der Waals surface area contributed by atoms with E-state index in [2.05, 4.69) is 5.32 Å². The molecule has 8 heteroatoms. The number of halogens is 1. The number of carbonyl (C=O) groups excluding carboxylic acids is 2. The van der Waals surface area contributed by atoms with Gasteiger partial charge in [0.1, 0.15) is 16.6 Å². The highest BCUT2D eigenvalue weighted by atomic mass is 32.1. The van der Waals surface area contributed by atoms with Crippen molar-refractivity contribution in [3.8, 4) is 5.75 Å². The molecule has 1 aromatic carbocycles. The molecule has 2 heterocycles. The Morgan fingerprint density at radius 1 is 1.21 bits per heavy atom. The third kappa shape index (κ3) is 4.59. The van der Waals surface area contributed by atoms with Crippen LogP contribution in [0.4, 0.5) is 9.39 Å². The summed E-state index contributed by atoms with van der Waals surface area (Å²) >= 11 is 1.48. The number of nitrogens with zero attached hydrogens (tertiary/aromatic N) is 1. The molecule has 1 fully saturated rings. The topological polar surface area (TPSA) is 67.9 Å². The third-order valence-corrected chi connectivity index (χ3v) is 6.31. The molecular weight excluding hydrogens is 395 g/mol. The van der Waals surface area contributed by atoms with Gasteiger partial charge in [0.05, 0.1) is 18.8 Å². The van der Waals surface area contributed by atoms with Crippen molar-refractivity contribution in [1.82, 2.24) is 4.90 Å². The molecule has 154 valence electrons. The highest BCUT2D eigenvalue weighted by molar-refractivity contribution is 7.17. The van der Waals surface area contributed by atoms with Crippen LogP contribution in [0.1, 0.15) is 33.6 Å². The maximum atomic E-state index is 13.3. The van der Waals surface area contributed by atoms with E-state index >= 15 is 0 Å². The summed E-state index contributed by atoms with van der Waals surface area (Å²) in [7, 11) is 0. The SMILES string of the molecule is O=C(COc1cccc(F)c1)Nc1sc2c(c1C(=O)N1CCOCC1)CCCC2. The fourth-order valence-electron chi connectivity index (χ4n) is 3.67. The number of anilines is 1. The van der Waals surface area contributed by atoms with Crippen molar-refractivity contribution in [2.45, 2.75) is 25.7 Å². The fraction of sp³-hybridized carbons (Fsp3) is 0.429. The standard InChI is InChI=1S/C21H23FN2O4S/c22-14-4-3-5-15(12-14)28-13-18(25)23-20-19(16-6-1-2-7-17(16)29-20)21(26)24-8-10-27-11-9-24/h3-5,12H,1-2,6-11,13H2,(H,23,25). The summed E-state index contributed by atoms with van der Waals surface area (Å²) in [5.74, 6) is -0.555. The predicted molar refractivity (Wildman–Crippen MR) is 108 cm³/mol. The zero-order valence-electron chi connectivity index (χ0n) is 16.0. The van der Waals surface area contributed by atoms with Gasteiger partial charge in [0.15, 0.2) is 6.61 Å². The number of rotatable bonds is 5. The van der Waals surface area contributed by atoms with Crippen LogP contribution in [0.15, 0.2) is 24.3 Å². The number of aryl methyl sites for hydroxylation is 1. The number of carbonyl (C=O) groups is 2. The van der Waals surface area contributed by atoms with Crippen molar-refractivity contribution < 1.29 is 23.5 Å². The monoisotopic (exact) mass is 418 g/mol. The molecule has 1 saturated heterocycles. The summed E-state index contributed by atoms with van der Waals surface area (Å²) in [5.41, 5.74) is 1.68. The minimum Gasteiger partial charge on any atom is -0.484 e. The molecule has 1 N–H and O–H groups in total. The Kier molecular flexibility index (Phi) is 6.10. The van der Waals surface area contributed by atoms with Gasteiger partial charge in [-0.15, -0.1) is 11.3 Å². The second-order valence-corrected chi connectivity index (χ2v) is 8.22. The maximum absolute atomic E-state index is 13.3. The van der Waals surface area contributed by atoms with Gasteiger partial charge in [-0.1, -0.05) is 6.07 Å². The number of amides is 2. The first kappa shape index (κ1) is 19.8. The molecule has 1 aliphatic carbocycles. The smallest absolute Gasteiger partial charge is 0.262 e. The quantitative estimate of drug-likeness (QED) is 0.809. The Morgan fingerprint density at radius 3 is 2.79 bits per heavy atom. The Bertz CT molecular complexity index is 908. The van der Waals surface area contributed by atoms with Crippen LogP contribution in [0.3, 0.4) is 0 Å². The number of hydrogen-bond acceptors (Lipinski definition) is 5. The van der Waals surface area contributed by atoms with Gasteiger partial charge in [0, 0.05) is 24.0 Å². The van der Waals surface area contributed by atoms with Crippen LogP contribution >= 0.6 is 11.3 Å². The minimum absolute atomic E-state index is 0.0472. The minimum atomic E-state index is -0.424. The Labute approximate surface area is 172 Å². The van der Waals surface area contributed by atoms with Crippen molar-refractivity contribution in [2.24, 2.45) is 0 Å². The van der Waals surface area contributed by atoms with Crippen LogP contribution in [0.5, 0.6) is 5.75 Å². The van der Waals surface area contributed by atoms with E-state index in [0.717, 1.165) is 31.2 Å². The number of morpholine rings is 1. The molecule has 2 aromatic rings. The highest BCUT2D eigenvalue weighted by Gasteiger charge is 2.30. The van der Waals surface area contributed by atoms with Gasteiger partial charge in [-0.2, -0.15) is 0 Å². The second-order valence-electron chi connectivity index (χ2n) is 7.11. The van der Waals surface area contributed by atoms with Gasteiger partial charge < -0.3 is 19.7 Å². The number of nitrogens with one attached hydrogen (secondary N) is 1. The maximum Gasteiger partial charge on any atom is 0.262 e. The molecule has 6 nitrogen and oxygen atoms in total. The van der Waals surface area contributed by atoms with Gasteiger partial charge in [0.25, 0.3) is 11.8 Å². The number of thiophene rings is 1. The molecule has 29 heavy (non-hydrogen) atoms. The van der Waals surface area contributed by atoms with Crippen LogP contribution in [0.25, 0.3) is 0 Å². The first-order valence-corrected chi connectivity index (χ1v) is 10.6. The molecule has 0 atom stereocenters. The van der Waals surface area contributed by atoms with E-state index in [9.17, 15) is 14.0 Å². The number of ether oxygens (including phenoxy) is 2. The molecule has 2 aliphatic rings. The lowest BCUT2D eigenvalue weighted by molar-refractivity contribution is -0.118. The third-order valence-electron chi connectivity index (χ3n) is 5.10. The van der Waals surface area contributed by atoms with Crippen LogP contribution in [-0.4, -0.2) is 49.6 Å². The summed E-state index contributed by atoms with van der Waals surface area (Å²) < 4.78 is 24.0. The zero-order chi connectivity index (χ0) is 20.2. The Hall–Kier alpha value is -2.45. The number of hydrogen-bond donors (Lipinski definition) is 1. The lowest BCUT2D eigenvalue weighted by atomic mass is 9.95. The largest absolute Gasteiger partial charge is 0.484 e. The van der Waals surface area contributed by atoms with Crippen molar-refractivity contribution in [3.63, 3.8) is 0 Å². The molecule has 0 radical (unpaired) electrons. The molecular formula is C21H23FN2O4S. The lowest BCUT2D eigenvalue weighted by Crippen LogP contribution is -2.41. The van der Waals surface area contributed by atoms with Crippen molar-refractivity contribution in [3.05, 3.63) is 46.1 Å². The lowest BCUT2D eigenvalue weighted by Gasteiger charge is -2.27. The van der Waals surface area contributed by atoms with Crippen molar-refractivity contribution >= 4 is 28.2 Å². The fourth-order valence-corrected chi connectivity index (χ4v) is 4.97. The van der Waals surface area contributed by atoms with E-state index in [1.807, 2.05) is 0 Å². The predicted octanol–water partition coefficient (Wildman–Crippen LogP) is 3.26. The van der Waals surface area contributed by atoms with E-state index < -0.39 is 5.82 Å². The van der Waals surface area contributed by atoms with Crippen LogP contribution in [0.2, 0.25) is 0 Å². The van der Waals surface area contributed by atoms with Crippen LogP contribution in [-0.2, 0) is 22.4 Å². The molecule has 0 unspecified atom stereocenters. The van der Waals surface area contributed by atoms with Crippen LogP contribution < -0.4 is 10.1 Å². The average Bonchev–Trinajstić information content (AvgIpc) is 3.10. The highest BCUT2D eigenvalue weighted by Crippen LogP contribution is 2.39. The van der Waals surface area contributed by atoms with E-state index in [1.54, 1.807) is 11.0 Å². The van der Waals surface area contributed by atoms with Crippen LogP contribution in [0, 0.1) is 5.82 Å².